The van der Waals surface area contributed by atoms with E-state index in [4.69, 9.17) is 52.1 Å². The molecule has 23 heavy (non-hydrogen) atoms. The van der Waals surface area contributed by atoms with Crippen LogP contribution >= 0.6 is 46.4 Å². The van der Waals surface area contributed by atoms with Gasteiger partial charge in [0, 0.05) is 37.4 Å². The minimum absolute atomic E-state index is 0.511. The first-order chi connectivity index (χ1) is 10.9. The molecule has 2 N–H and O–H groups in total. The number of nitrogens with two attached hydrogens (primary N) is 1. The number of nitrogens with zero attached hydrogens (tertiary/aromatic N) is 1. The Hall–Kier alpha value is -1.45. The van der Waals surface area contributed by atoms with Crippen LogP contribution in [0.1, 0.15) is 0 Å². The van der Waals surface area contributed by atoms with Gasteiger partial charge < -0.3 is 5.73 Å². The van der Waals surface area contributed by atoms with Crippen molar-refractivity contribution in [1.82, 2.24) is 4.98 Å². The molecule has 0 aliphatic heterocycles. The lowest BCUT2D eigenvalue weighted by atomic mass is 10.0. The van der Waals surface area contributed by atoms with Gasteiger partial charge in [-0.1, -0.05) is 46.4 Å². The fourth-order valence-corrected chi connectivity index (χ4v) is 3.34. The van der Waals surface area contributed by atoms with E-state index in [9.17, 15) is 0 Å². The van der Waals surface area contributed by atoms with Crippen molar-refractivity contribution in [3.05, 3.63) is 68.8 Å². The van der Waals surface area contributed by atoms with Crippen LogP contribution in [0.5, 0.6) is 0 Å². The molecule has 116 valence electrons. The molecule has 3 rings (SSSR count). The Balaban J connectivity index is 2.07. The van der Waals surface area contributed by atoms with Crippen LogP contribution < -0.4 is 5.73 Å². The fraction of sp³-hybridized carbons (Fsp3) is 0. The van der Waals surface area contributed by atoms with Crippen LogP contribution in [-0.4, -0.2) is 4.98 Å². The Labute approximate surface area is 153 Å². The normalized spacial score (nSPS) is 10.8. The van der Waals surface area contributed by atoms with Crippen LogP contribution in [0.3, 0.4) is 0 Å². The lowest BCUT2D eigenvalue weighted by Gasteiger charge is -2.09. The van der Waals surface area contributed by atoms with Gasteiger partial charge in [-0.2, -0.15) is 0 Å². The number of aromatic nitrogens is 1. The second-order valence-electron chi connectivity index (χ2n) is 4.98. The monoisotopic (exact) mass is 382 g/mol. The first kappa shape index (κ1) is 16.4. The van der Waals surface area contributed by atoms with Gasteiger partial charge in [-0.3, -0.25) is 4.98 Å². The molecule has 0 atom stereocenters. The van der Waals surface area contributed by atoms with Gasteiger partial charge in [-0.15, -0.1) is 0 Å². The summed E-state index contributed by atoms with van der Waals surface area (Å²) in [7, 11) is 0. The molecule has 2 aromatic carbocycles. The fourth-order valence-electron chi connectivity index (χ4n) is 2.29. The number of pyridine rings is 1. The first-order valence-corrected chi connectivity index (χ1v) is 8.12. The zero-order valence-electron chi connectivity index (χ0n) is 11.7. The molecule has 0 saturated heterocycles. The summed E-state index contributed by atoms with van der Waals surface area (Å²) in [5, 5.41) is 2.16. The minimum atomic E-state index is 0.511. The van der Waals surface area contributed by atoms with Gasteiger partial charge in [0.2, 0.25) is 0 Å². The van der Waals surface area contributed by atoms with Crippen molar-refractivity contribution in [3.63, 3.8) is 0 Å². The summed E-state index contributed by atoms with van der Waals surface area (Å²) in [6.45, 7) is 0. The van der Waals surface area contributed by atoms with Crippen LogP contribution in [0.15, 0.2) is 48.7 Å². The number of rotatable bonds is 2. The van der Waals surface area contributed by atoms with Crippen LogP contribution in [-0.2, 0) is 0 Å². The Morgan fingerprint density at radius 2 is 1.09 bits per heavy atom. The second-order valence-corrected chi connectivity index (χ2v) is 6.72. The third-order valence-corrected chi connectivity index (χ3v) is 4.12. The summed E-state index contributed by atoms with van der Waals surface area (Å²) < 4.78 is 0. The van der Waals surface area contributed by atoms with E-state index in [1.807, 2.05) is 6.07 Å². The average Bonchev–Trinajstić information content (AvgIpc) is 2.45. The largest absolute Gasteiger partial charge is 0.397 e. The summed E-state index contributed by atoms with van der Waals surface area (Å²) in [4.78, 5) is 4.44. The summed E-state index contributed by atoms with van der Waals surface area (Å²) in [5.74, 6) is 0. The van der Waals surface area contributed by atoms with E-state index in [0.29, 0.717) is 31.5 Å². The van der Waals surface area contributed by atoms with E-state index < -0.39 is 0 Å². The van der Waals surface area contributed by atoms with Crippen molar-refractivity contribution in [1.29, 1.82) is 0 Å². The highest BCUT2D eigenvalue weighted by Gasteiger charge is 2.10. The van der Waals surface area contributed by atoms with Gasteiger partial charge in [0.15, 0.2) is 0 Å². The number of benzene rings is 2. The molecule has 3 aromatic rings. The number of nitrogen functional groups attached to an aromatic ring is 1. The summed E-state index contributed by atoms with van der Waals surface area (Å²) in [6.07, 6.45) is 1.71. The van der Waals surface area contributed by atoms with Crippen molar-refractivity contribution in [2.24, 2.45) is 0 Å². The molecule has 2 nitrogen and oxygen atoms in total. The predicted molar refractivity (Wildman–Crippen MR) is 99.6 cm³/mol. The van der Waals surface area contributed by atoms with E-state index >= 15 is 0 Å². The van der Waals surface area contributed by atoms with Crippen molar-refractivity contribution >= 4 is 52.1 Å². The lowest BCUT2D eigenvalue weighted by Crippen LogP contribution is -1.95. The average molecular weight is 384 g/mol. The Kier molecular flexibility index (Phi) is 4.69. The molecule has 0 saturated carbocycles. The molecular formula is C17H10Cl4N2. The summed E-state index contributed by atoms with van der Waals surface area (Å²) in [5.41, 5.74) is 9.71. The van der Waals surface area contributed by atoms with Crippen LogP contribution in [0.2, 0.25) is 20.1 Å². The highest BCUT2D eigenvalue weighted by Crippen LogP contribution is 2.33. The topological polar surface area (TPSA) is 38.9 Å². The summed E-state index contributed by atoms with van der Waals surface area (Å²) >= 11 is 24.1. The highest BCUT2D eigenvalue weighted by molar-refractivity contribution is 6.35. The third-order valence-electron chi connectivity index (χ3n) is 3.25. The molecule has 0 unspecified atom stereocenters. The van der Waals surface area contributed by atoms with Crippen molar-refractivity contribution in [3.8, 4) is 22.4 Å². The Morgan fingerprint density at radius 1 is 0.609 bits per heavy atom. The van der Waals surface area contributed by atoms with Gasteiger partial charge in [-0.05, 0) is 48.0 Å². The van der Waals surface area contributed by atoms with Gasteiger partial charge in [0.25, 0.3) is 0 Å². The van der Waals surface area contributed by atoms with Gasteiger partial charge in [-0.25, -0.2) is 0 Å². The predicted octanol–water partition coefficient (Wildman–Crippen LogP) is 6.61. The number of halogens is 4. The second kappa shape index (κ2) is 6.58. The molecule has 0 bridgehead atoms. The minimum Gasteiger partial charge on any atom is -0.397 e. The van der Waals surface area contributed by atoms with Crippen molar-refractivity contribution < 1.29 is 0 Å². The zero-order chi connectivity index (χ0) is 16.6. The smallest absolute Gasteiger partial charge is 0.0932 e. The van der Waals surface area contributed by atoms with Crippen LogP contribution in [0.4, 0.5) is 5.69 Å². The maximum absolute atomic E-state index is 6.15. The van der Waals surface area contributed by atoms with E-state index in [-0.39, 0.29) is 0 Å². The van der Waals surface area contributed by atoms with Gasteiger partial charge in [0.05, 0.1) is 11.4 Å². The Morgan fingerprint density at radius 3 is 1.57 bits per heavy atom. The molecular weight excluding hydrogens is 374 g/mol. The van der Waals surface area contributed by atoms with Crippen LogP contribution in [0, 0.1) is 0 Å². The Bertz CT molecular complexity index is 853. The standard InChI is InChI=1S/C17H10Cl4N2/c18-12-1-9(2-13(19)6-12)11-5-16(22)17(23-8-11)10-3-14(20)7-15(21)4-10/h1-8H,22H2. The quantitative estimate of drug-likeness (QED) is 0.540. The molecule has 0 spiro atoms. The maximum Gasteiger partial charge on any atom is 0.0932 e. The van der Waals surface area contributed by atoms with E-state index in [1.165, 1.54) is 0 Å². The van der Waals surface area contributed by atoms with E-state index in [1.54, 1.807) is 42.6 Å². The molecule has 1 heterocycles. The van der Waals surface area contributed by atoms with Crippen molar-refractivity contribution in [2.75, 3.05) is 5.73 Å². The molecule has 0 radical (unpaired) electrons. The first-order valence-electron chi connectivity index (χ1n) is 6.61. The van der Waals surface area contributed by atoms with E-state index in [0.717, 1.165) is 16.7 Å². The molecule has 0 aliphatic rings. The lowest BCUT2D eigenvalue weighted by molar-refractivity contribution is 1.33. The highest BCUT2D eigenvalue weighted by atomic mass is 35.5. The van der Waals surface area contributed by atoms with Gasteiger partial charge >= 0.3 is 0 Å². The molecule has 6 heteroatoms. The third kappa shape index (κ3) is 3.73. The number of anilines is 1. The zero-order valence-corrected chi connectivity index (χ0v) is 14.7. The summed E-state index contributed by atoms with van der Waals surface area (Å²) in [6, 6.07) is 12.3. The SMILES string of the molecule is Nc1cc(-c2cc(Cl)cc(Cl)c2)cnc1-c1cc(Cl)cc(Cl)c1. The van der Waals surface area contributed by atoms with E-state index in [2.05, 4.69) is 4.98 Å². The van der Waals surface area contributed by atoms with Crippen molar-refractivity contribution in [2.45, 2.75) is 0 Å². The molecule has 0 fully saturated rings. The molecule has 0 aliphatic carbocycles. The molecule has 1 aromatic heterocycles. The number of hydrogen-bond donors (Lipinski definition) is 1. The van der Waals surface area contributed by atoms with Gasteiger partial charge in [0.1, 0.15) is 0 Å². The van der Waals surface area contributed by atoms with Crippen LogP contribution in [0.25, 0.3) is 22.4 Å². The maximum atomic E-state index is 6.15. The molecule has 0 amide bonds. The number of hydrogen-bond acceptors (Lipinski definition) is 2.